The number of benzene rings is 1. The van der Waals surface area contributed by atoms with Gasteiger partial charge in [-0.1, -0.05) is 6.07 Å². The summed E-state index contributed by atoms with van der Waals surface area (Å²) in [4.78, 5) is 2.28. The number of nitrogens with one attached hydrogen (secondary N) is 1. The number of methoxy groups -OCH3 is 1. The lowest BCUT2D eigenvalue weighted by atomic mass is 10.2. The highest BCUT2D eigenvalue weighted by molar-refractivity contribution is 7.99. The maximum absolute atomic E-state index is 10.2. The summed E-state index contributed by atoms with van der Waals surface area (Å²) in [5.74, 6) is 3.59. The van der Waals surface area contributed by atoms with E-state index >= 15 is 0 Å². The molecule has 25 heavy (non-hydrogen) atoms. The first-order valence-electron chi connectivity index (χ1n) is 8.82. The van der Waals surface area contributed by atoms with E-state index in [4.69, 9.17) is 14.6 Å². The minimum absolute atomic E-state index is 0.196. The molecule has 1 heterocycles. The van der Waals surface area contributed by atoms with Gasteiger partial charge in [-0.15, -0.1) is 0 Å². The van der Waals surface area contributed by atoms with Crippen LogP contribution in [0.4, 0.5) is 0 Å². The molecule has 6 nitrogen and oxygen atoms in total. The van der Waals surface area contributed by atoms with Gasteiger partial charge in [-0.05, 0) is 30.7 Å². The van der Waals surface area contributed by atoms with Crippen molar-refractivity contribution in [2.24, 2.45) is 0 Å². The van der Waals surface area contributed by atoms with E-state index in [0.717, 1.165) is 43.1 Å². The molecule has 0 spiro atoms. The molecule has 3 N–H and O–H groups in total. The van der Waals surface area contributed by atoms with Gasteiger partial charge >= 0.3 is 0 Å². The Balaban J connectivity index is 1.79. The Bertz CT molecular complexity index is 498. The predicted octanol–water partition coefficient (Wildman–Crippen LogP) is 0.956. The molecule has 7 heteroatoms. The minimum Gasteiger partial charge on any atom is -0.493 e. The summed E-state index contributed by atoms with van der Waals surface area (Å²) in [6.07, 6.45) is 0.235. The quantitative estimate of drug-likeness (QED) is 0.501. The predicted molar refractivity (Wildman–Crippen MR) is 102 cm³/mol. The zero-order valence-electron chi connectivity index (χ0n) is 14.9. The third-order valence-corrected chi connectivity index (χ3v) is 5.02. The highest BCUT2D eigenvalue weighted by Crippen LogP contribution is 2.28. The molecule has 1 aromatic carbocycles. The van der Waals surface area contributed by atoms with Crippen LogP contribution in [-0.4, -0.2) is 79.2 Å². The van der Waals surface area contributed by atoms with E-state index in [1.807, 2.05) is 30.0 Å². The van der Waals surface area contributed by atoms with E-state index in [-0.39, 0.29) is 13.2 Å². The van der Waals surface area contributed by atoms with Crippen LogP contribution < -0.4 is 14.8 Å². The summed E-state index contributed by atoms with van der Waals surface area (Å²) >= 11 is 1.96. The number of nitrogens with zero attached hydrogens (tertiary/aromatic N) is 1. The van der Waals surface area contributed by atoms with Crippen molar-refractivity contribution in [2.75, 3.05) is 58.0 Å². The van der Waals surface area contributed by atoms with E-state index < -0.39 is 6.10 Å². The molecule has 1 aliphatic heterocycles. The zero-order valence-corrected chi connectivity index (χ0v) is 15.8. The van der Waals surface area contributed by atoms with Gasteiger partial charge in [0.2, 0.25) is 0 Å². The Hall–Kier alpha value is -0.990. The summed E-state index contributed by atoms with van der Waals surface area (Å²) in [7, 11) is 1.62. The molecule has 0 aliphatic carbocycles. The van der Waals surface area contributed by atoms with E-state index in [2.05, 4.69) is 10.2 Å². The second-order valence-electron chi connectivity index (χ2n) is 6.12. The Morgan fingerprint density at radius 1 is 1.28 bits per heavy atom. The van der Waals surface area contributed by atoms with Crippen molar-refractivity contribution in [3.63, 3.8) is 0 Å². The van der Waals surface area contributed by atoms with Gasteiger partial charge in [-0.3, -0.25) is 4.90 Å². The molecular formula is C18H30N2O4S. The third kappa shape index (κ3) is 7.42. The maximum Gasteiger partial charge on any atom is 0.161 e. The van der Waals surface area contributed by atoms with Crippen LogP contribution in [0.2, 0.25) is 0 Å². The molecule has 0 unspecified atom stereocenters. The van der Waals surface area contributed by atoms with Gasteiger partial charge in [0.1, 0.15) is 12.7 Å². The monoisotopic (exact) mass is 370 g/mol. The van der Waals surface area contributed by atoms with Gasteiger partial charge < -0.3 is 25.0 Å². The van der Waals surface area contributed by atoms with E-state index in [1.165, 1.54) is 0 Å². The molecule has 2 rings (SSSR count). The average molecular weight is 371 g/mol. The first-order valence-corrected chi connectivity index (χ1v) is 9.98. The smallest absolute Gasteiger partial charge is 0.161 e. The van der Waals surface area contributed by atoms with Crippen LogP contribution in [0, 0.1) is 0 Å². The van der Waals surface area contributed by atoms with Gasteiger partial charge in [0.25, 0.3) is 0 Å². The standard InChI is InChI=1S/C18H30N2O4S/c1-23-18-11-15(12-19-5-2-8-21)3-4-17(18)24-14-16(22)13-20-6-9-25-10-7-20/h3-4,11,16,19,21-22H,2,5-10,12-14H2,1H3/t16-/m0/s1. The molecule has 0 saturated carbocycles. The Labute approximate surface area is 154 Å². The minimum atomic E-state index is -0.507. The Kier molecular flexibility index (Phi) is 9.42. The number of thioether (sulfide) groups is 1. The second kappa shape index (κ2) is 11.6. The number of rotatable bonds is 11. The normalized spacial score (nSPS) is 16.6. The highest BCUT2D eigenvalue weighted by Gasteiger charge is 2.16. The number of β-amino-alcohol motifs (C(OH)–C–C–N with tert-alkyl or cyclic N) is 1. The van der Waals surface area contributed by atoms with Crippen molar-refractivity contribution in [3.05, 3.63) is 23.8 Å². The lowest BCUT2D eigenvalue weighted by molar-refractivity contribution is 0.0705. The van der Waals surface area contributed by atoms with Crippen LogP contribution in [-0.2, 0) is 6.54 Å². The van der Waals surface area contributed by atoms with Crippen LogP contribution in [0.15, 0.2) is 18.2 Å². The fourth-order valence-electron chi connectivity index (χ4n) is 2.70. The van der Waals surface area contributed by atoms with Crippen molar-refractivity contribution in [2.45, 2.75) is 19.1 Å². The second-order valence-corrected chi connectivity index (χ2v) is 7.34. The first-order chi connectivity index (χ1) is 12.2. The average Bonchev–Trinajstić information content (AvgIpc) is 2.64. The molecular weight excluding hydrogens is 340 g/mol. The zero-order chi connectivity index (χ0) is 17.9. The number of hydrogen-bond donors (Lipinski definition) is 3. The molecule has 0 amide bonds. The lowest BCUT2D eigenvalue weighted by Gasteiger charge is -2.28. The number of aliphatic hydroxyl groups excluding tert-OH is 2. The molecule has 1 fully saturated rings. The molecule has 1 aromatic rings. The first kappa shape index (κ1) is 20.3. The summed E-state index contributed by atoms with van der Waals surface area (Å²) in [5.41, 5.74) is 1.09. The van der Waals surface area contributed by atoms with Crippen LogP contribution >= 0.6 is 11.8 Å². The molecule has 1 atom stereocenters. The summed E-state index contributed by atoms with van der Waals surface area (Å²) < 4.78 is 11.2. The van der Waals surface area contributed by atoms with Crippen molar-refractivity contribution >= 4 is 11.8 Å². The molecule has 1 saturated heterocycles. The lowest BCUT2D eigenvalue weighted by Crippen LogP contribution is -2.40. The van der Waals surface area contributed by atoms with Crippen molar-refractivity contribution in [1.29, 1.82) is 0 Å². The summed E-state index contributed by atoms with van der Waals surface area (Å²) in [6, 6.07) is 5.81. The SMILES string of the molecule is COc1cc(CNCCCO)ccc1OC[C@@H](O)CN1CCSCC1. The maximum atomic E-state index is 10.2. The molecule has 142 valence electrons. The fourth-order valence-corrected chi connectivity index (χ4v) is 3.68. The van der Waals surface area contributed by atoms with Gasteiger partial charge in [-0.25, -0.2) is 0 Å². The largest absolute Gasteiger partial charge is 0.493 e. The van der Waals surface area contributed by atoms with E-state index in [1.54, 1.807) is 7.11 Å². The van der Waals surface area contributed by atoms with Crippen LogP contribution in [0.3, 0.4) is 0 Å². The van der Waals surface area contributed by atoms with E-state index in [0.29, 0.717) is 24.6 Å². The van der Waals surface area contributed by atoms with Gasteiger partial charge in [0.15, 0.2) is 11.5 Å². The van der Waals surface area contributed by atoms with Crippen molar-refractivity contribution in [1.82, 2.24) is 10.2 Å². The van der Waals surface area contributed by atoms with Crippen molar-refractivity contribution < 1.29 is 19.7 Å². The van der Waals surface area contributed by atoms with Gasteiger partial charge in [0.05, 0.1) is 7.11 Å². The van der Waals surface area contributed by atoms with Crippen LogP contribution in [0.5, 0.6) is 11.5 Å². The summed E-state index contributed by atoms with van der Waals surface area (Å²) in [5, 5.41) is 22.3. The molecule has 0 aromatic heterocycles. The van der Waals surface area contributed by atoms with Crippen LogP contribution in [0.25, 0.3) is 0 Å². The Morgan fingerprint density at radius 2 is 2.08 bits per heavy atom. The molecule has 1 aliphatic rings. The highest BCUT2D eigenvalue weighted by atomic mass is 32.2. The molecule has 0 radical (unpaired) electrons. The number of hydrogen-bond acceptors (Lipinski definition) is 7. The Morgan fingerprint density at radius 3 is 2.80 bits per heavy atom. The van der Waals surface area contributed by atoms with Gasteiger partial charge in [-0.2, -0.15) is 11.8 Å². The molecule has 0 bridgehead atoms. The van der Waals surface area contributed by atoms with Gasteiger partial charge in [0, 0.05) is 44.3 Å². The summed E-state index contributed by atoms with van der Waals surface area (Å²) in [6.45, 7) is 4.65. The van der Waals surface area contributed by atoms with E-state index in [9.17, 15) is 5.11 Å². The van der Waals surface area contributed by atoms with Crippen molar-refractivity contribution in [3.8, 4) is 11.5 Å². The third-order valence-electron chi connectivity index (χ3n) is 4.07. The van der Waals surface area contributed by atoms with Crippen LogP contribution in [0.1, 0.15) is 12.0 Å². The number of aliphatic hydroxyl groups is 2. The number of ether oxygens (including phenoxy) is 2. The topological polar surface area (TPSA) is 74.2 Å². The fraction of sp³-hybridized carbons (Fsp3) is 0.667.